The van der Waals surface area contributed by atoms with Crippen molar-refractivity contribution >= 4 is 23.2 Å². The summed E-state index contributed by atoms with van der Waals surface area (Å²) in [6.07, 6.45) is 3.77. The van der Waals surface area contributed by atoms with E-state index in [0.29, 0.717) is 17.1 Å². The minimum absolute atomic E-state index is 0.166. The van der Waals surface area contributed by atoms with Gasteiger partial charge in [0.15, 0.2) is 0 Å². The number of carbonyl (C=O) groups is 2. The van der Waals surface area contributed by atoms with Gasteiger partial charge < -0.3 is 9.88 Å². The van der Waals surface area contributed by atoms with Crippen molar-refractivity contribution in [3.63, 3.8) is 0 Å². The van der Waals surface area contributed by atoms with Crippen molar-refractivity contribution in [3.8, 4) is 0 Å². The summed E-state index contributed by atoms with van der Waals surface area (Å²) in [5, 5.41) is 8.62. The zero-order valence-electron chi connectivity index (χ0n) is 18.2. The van der Waals surface area contributed by atoms with Crippen LogP contribution in [-0.2, 0) is 16.6 Å². The lowest BCUT2D eigenvalue weighted by atomic mass is 10.0. The molecule has 3 aromatic rings. The van der Waals surface area contributed by atoms with Crippen LogP contribution in [0.5, 0.6) is 0 Å². The number of amides is 2. The first-order valence-corrected chi connectivity index (χ1v) is 10.3. The van der Waals surface area contributed by atoms with E-state index in [1.807, 2.05) is 32.0 Å². The summed E-state index contributed by atoms with van der Waals surface area (Å²) >= 11 is 0. The maximum absolute atomic E-state index is 13.9. The van der Waals surface area contributed by atoms with Gasteiger partial charge in [-0.05, 0) is 48.7 Å². The number of anilines is 1. The first-order valence-electron chi connectivity index (χ1n) is 10.3. The fourth-order valence-electron chi connectivity index (χ4n) is 3.71. The van der Waals surface area contributed by atoms with E-state index < -0.39 is 17.8 Å². The fourth-order valence-corrected chi connectivity index (χ4v) is 3.71. The molecule has 1 aliphatic rings. The fraction of sp³-hybridized carbons (Fsp3) is 0.250. The SMILES string of the molecule is Cc1ccc(C)c(N2N=C(C(=O)NC(c3cccc(F)c3)c3nccn3C)CCC2=O)c1. The molecule has 32 heavy (non-hydrogen) atoms. The molecule has 1 aromatic heterocycles. The van der Waals surface area contributed by atoms with E-state index >= 15 is 0 Å². The number of nitrogens with one attached hydrogen (secondary N) is 1. The molecule has 2 heterocycles. The van der Waals surface area contributed by atoms with Crippen molar-refractivity contribution in [1.29, 1.82) is 0 Å². The Hall–Kier alpha value is -3.81. The van der Waals surface area contributed by atoms with Gasteiger partial charge >= 0.3 is 0 Å². The highest BCUT2D eigenvalue weighted by Gasteiger charge is 2.29. The minimum Gasteiger partial charge on any atom is -0.337 e. The van der Waals surface area contributed by atoms with Crippen molar-refractivity contribution in [2.24, 2.45) is 12.1 Å². The van der Waals surface area contributed by atoms with Crippen LogP contribution in [-0.4, -0.2) is 27.1 Å². The number of aryl methyl sites for hydroxylation is 3. The molecule has 7 nitrogen and oxygen atoms in total. The molecule has 0 bridgehead atoms. The van der Waals surface area contributed by atoms with Crippen molar-refractivity contribution in [2.75, 3.05) is 5.01 Å². The van der Waals surface area contributed by atoms with Crippen LogP contribution in [0.15, 0.2) is 60.0 Å². The van der Waals surface area contributed by atoms with Crippen LogP contribution in [0.4, 0.5) is 10.1 Å². The monoisotopic (exact) mass is 433 g/mol. The van der Waals surface area contributed by atoms with Gasteiger partial charge in [0.2, 0.25) is 5.91 Å². The zero-order chi connectivity index (χ0) is 22.8. The van der Waals surface area contributed by atoms with Gasteiger partial charge in [0.1, 0.15) is 23.4 Å². The lowest BCUT2D eigenvalue weighted by Crippen LogP contribution is -2.41. The predicted octanol–water partition coefficient (Wildman–Crippen LogP) is 3.56. The van der Waals surface area contributed by atoms with Gasteiger partial charge in [-0.2, -0.15) is 5.10 Å². The molecule has 0 radical (unpaired) electrons. The van der Waals surface area contributed by atoms with E-state index in [1.165, 1.54) is 17.1 Å². The Morgan fingerprint density at radius 3 is 2.69 bits per heavy atom. The summed E-state index contributed by atoms with van der Waals surface area (Å²) in [5.74, 6) is -0.438. The first-order chi connectivity index (χ1) is 15.3. The van der Waals surface area contributed by atoms with Crippen LogP contribution < -0.4 is 10.3 Å². The smallest absolute Gasteiger partial charge is 0.268 e. The van der Waals surface area contributed by atoms with E-state index in [0.717, 1.165) is 11.1 Å². The highest BCUT2D eigenvalue weighted by Crippen LogP contribution is 2.26. The number of hydrogen-bond donors (Lipinski definition) is 1. The van der Waals surface area contributed by atoms with Crippen molar-refractivity contribution < 1.29 is 14.0 Å². The molecule has 0 spiro atoms. The largest absolute Gasteiger partial charge is 0.337 e. The molecule has 164 valence electrons. The molecule has 1 aliphatic heterocycles. The van der Waals surface area contributed by atoms with Crippen LogP contribution in [0.3, 0.4) is 0 Å². The lowest BCUT2D eigenvalue weighted by molar-refractivity contribution is -0.119. The summed E-state index contributed by atoms with van der Waals surface area (Å²) < 4.78 is 15.7. The second kappa shape index (κ2) is 8.74. The van der Waals surface area contributed by atoms with Gasteiger partial charge in [-0.3, -0.25) is 9.59 Å². The summed E-state index contributed by atoms with van der Waals surface area (Å²) in [6, 6.07) is 11.1. The third-order valence-corrected chi connectivity index (χ3v) is 5.46. The Balaban J connectivity index is 1.66. The molecular formula is C24H24FN5O2. The Kier molecular flexibility index (Phi) is 5.85. The van der Waals surface area contributed by atoms with E-state index in [-0.39, 0.29) is 24.5 Å². The number of nitrogens with zero attached hydrogens (tertiary/aromatic N) is 4. The van der Waals surface area contributed by atoms with E-state index in [4.69, 9.17) is 0 Å². The molecule has 8 heteroatoms. The molecule has 0 aliphatic carbocycles. The molecule has 2 amide bonds. The van der Waals surface area contributed by atoms with Gasteiger partial charge in [0.25, 0.3) is 5.91 Å². The Morgan fingerprint density at radius 2 is 1.97 bits per heavy atom. The van der Waals surface area contributed by atoms with Crippen LogP contribution >= 0.6 is 0 Å². The van der Waals surface area contributed by atoms with Crippen LogP contribution in [0.2, 0.25) is 0 Å². The standard InChI is InChI=1S/C24H24FN5O2/c1-15-7-8-16(2)20(13-15)30-21(31)10-9-19(28-30)24(32)27-22(23-26-11-12-29(23)3)17-5-4-6-18(25)14-17/h4-8,11-14,22H,9-10H2,1-3H3,(H,27,32). The van der Waals surface area contributed by atoms with Gasteiger partial charge in [-0.15, -0.1) is 0 Å². The van der Waals surface area contributed by atoms with Gasteiger partial charge in [-0.25, -0.2) is 14.4 Å². The highest BCUT2D eigenvalue weighted by atomic mass is 19.1. The number of rotatable bonds is 5. The van der Waals surface area contributed by atoms with Crippen LogP contribution in [0, 0.1) is 19.7 Å². The zero-order valence-corrected chi connectivity index (χ0v) is 18.2. The lowest BCUT2D eigenvalue weighted by Gasteiger charge is -2.26. The minimum atomic E-state index is -0.673. The second-order valence-electron chi connectivity index (χ2n) is 7.90. The highest BCUT2D eigenvalue weighted by molar-refractivity contribution is 6.40. The van der Waals surface area contributed by atoms with Crippen molar-refractivity contribution in [1.82, 2.24) is 14.9 Å². The number of benzene rings is 2. The Morgan fingerprint density at radius 1 is 1.16 bits per heavy atom. The Bertz CT molecular complexity index is 1220. The van der Waals surface area contributed by atoms with Crippen LogP contribution in [0.1, 0.15) is 41.4 Å². The maximum Gasteiger partial charge on any atom is 0.268 e. The van der Waals surface area contributed by atoms with Gasteiger partial charge in [-0.1, -0.05) is 24.3 Å². The average molecular weight is 433 g/mol. The van der Waals surface area contributed by atoms with E-state index in [1.54, 1.807) is 36.1 Å². The summed E-state index contributed by atoms with van der Waals surface area (Å²) in [6.45, 7) is 3.83. The number of hydrazone groups is 1. The third kappa shape index (κ3) is 4.30. The normalized spacial score (nSPS) is 14.8. The first kappa shape index (κ1) is 21.4. The van der Waals surface area contributed by atoms with Crippen LogP contribution in [0.25, 0.3) is 0 Å². The van der Waals surface area contributed by atoms with Crippen molar-refractivity contribution in [2.45, 2.75) is 32.7 Å². The number of halogens is 1. The molecule has 1 atom stereocenters. The molecule has 1 N–H and O–H groups in total. The van der Waals surface area contributed by atoms with Crippen molar-refractivity contribution in [3.05, 3.63) is 83.2 Å². The molecule has 0 fully saturated rings. The quantitative estimate of drug-likeness (QED) is 0.668. The predicted molar refractivity (Wildman–Crippen MR) is 120 cm³/mol. The van der Waals surface area contributed by atoms with E-state index in [9.17, 15) is 14.0 Å². The maximum atomic E-state index is 13.9. The second-order valence-corrected chi connectivity index (χ2v) is 7.90. The molecule has 0 saturated carbocycles. The topological polar surface area (TPSA) is 79.6 Å². The van der Waals surface area contributed by atoms with Gasteiger partial charge in [0.05, 0.1) is 5.69 Å². The molecule has 0 saturated heterocycles. The number of hydrogen-bond acceptors (Lipinski definition) is 4. The summed E-state index contributed by atoms with van der Waals surface area (Å²) in [4.78, 5) is 30.1. The van der Waals surface area contributed by atoms with E-state index in [2.05, 4.69) is 15.4 Å². The molecular weight excluding hydrogens is 409 g/mol. The molecule has 4 rings (SSSR count). The third-order valence-electron chi connectivity index (χ3n) is 5.46. The number of imidazole rings is 1. The number of aromatic nitrogens is 2. The molecule has 2 aromatic carbocycles. The summed E-state index contributed by atoms with van der Waals surface area (Å²) in [7, 11) is 1.81. The molecule has 1 unspecified atom stereocenters. The summed E-state index contributed by atoms with van der Waals surface area (Å²) in [5.41, 5.74) is 3.34. The average Bonchev–Trinajstić information content (AvgIpc) is 3.19. The number of carbonyl (C=O) groups excluding carboxylic acids is 2. The van der Waals surface area contributed by atoms with Gasteiger partial charge in [0, 0.05) is 32.3 Å². The Labute approximate surface area is 185 Å².